The zero-order chi connectivity index (χ0) is 20.8. The number of carbonyl (C=O) groups is 1. The van der Waals surface area contributed by atoms with Gasteiger partial charge in [0.2, 0.25) is 0 Å². The lowest BCUT2D eigenvalue weighted by atomic mass is 10.0. The van der Waals surface area contributed by atoms with Crippen LogP contribution in [0.25, 0.3) is 0 Å². The van der Waals surface area contributed by atoms with Gasteiger partial charge in [0.1, 0.15) is 6.17 Å². The van der Waals surface area contributed by atoms with Gasteiger partial charge >= 0.3 is 0 Å². The van der Waals surface area contributed by atoms with Crippen molar-refractivity contribution in [3.63, 3.8) is 0 Å². The summed E-state index contributed by atoms with van der Waals surface area (Å²) in [6.07, 6.45) is -0.719. The second-order valence-electron chi connectivity index (χ2n) is 7.79. The van der Waals surface area contributed by atoms with Crippen LogP contribution in [0.5, 0.6) is 0 Å². The fourth-order valence-electron chi connectivity index (χ4n) is 3.69. The number of likely N-dealkylation sites (N-methyl/N-ethyl adjacent to an activating group) is 1. The van der Waals surface area contributed by atoms with E-state index >= 15 is 0 Å². The largest absolute Gasteiger partial charge is 0.392 e. The molecule has 0 saturated carbocycles. The topological polar surface area (TPSA) is 55.8 Å². The molecule has 0 radical (unpaired) electrons. The van der Waals surface area contributed by atoms with Crippen LogP contribution in [-0.4, -0.2) is 61.4 Å². The maximum absolute atomic E-state index is 13.7. The van der Waals surface area contributed by atoms with Crippen molar-refractivity contribution in [3.05, 3.63) is 65.7 Å². The summed E-state index contributed by atoms with van der Waals surface area (Å²) in [6.45, 7) is 3.87. The molecule has 0 spiro atoms. The number of nitrogens with one attached hydrogen (secondary N) is 1. The van der Waals surface area contributed by atoms with Crippen LogP contribution in [0.15, 0.2) is 54.6 Å². The lowest BCUT2D eigenvalue weighted by Gasteiger charge is -2.33. The Morgan fingerprint density at radius 2 is 1.93 bits per heavy atom. The van der Waals surface area contributed by atoms with Gasteiger partial charge in [-0.05, 0) is 43.2 Å². The molecule has 0 aliphatic carbocycles. The van der Waals surface area contributed by atoms with Crippen LogP contribution in [0.3, 0.4) is 0 Å². The van der Waals surface area contributed by atoms with E-state index in [-0.39, 0.29) is 18.5 Å². The molecule has 0 bridgehead atoms. The van der Waals surface area contributed by atoms with E-state index in [0.29, 0.717) is 18.5 Å². The van der Waals surface area contributed by atoms with Gasteiger partial charge in [-0.15, -0.1) is 0 Å². The minimum atomic E-state index is -0.740. The number of rotatable bonds is 8. The number of amides is 1. The molecule has 1 saturated heterocycles. The maximum atomic E-state index is 13.7. The number of benzene rings is 2. The highest BCUT2D eigenvalue weighted by atomic mass is 19.1. The first-order valence-corrected chi connectivity index (χ1v) is 10.1. The summed E-state index contributed by atoms with van der Waals surface area (Å²) in [5, 5.41) is 12.0. The summed E-state index contributed by atoms with van der Waals surface area (Å²) in [6, 6.07) is 17.7. The third-order valence-electron chi connectivity index (χ3n) is 5.39. The molecule has 3 rings (SSSR count). The van der Waals surface area contributed by atoms with Crippen molar-refractivity contribution < 1.29 is 14.3 Å². The minimum absolute atomic E-state index is 0.0800. The van der Waals surface area contributed by atoms with E-state index in [0.717, 1.165) is 18.8 Å². The fraction of sp³-hybridized carbons (Fsp3) is 0.435. The smallest absolute Gasteiger partial charge is 0.251 e. The van der Waals surface area contributed by atoms with E-state index < -0.39 is 12.3 Å². The Labute approximate surface area is 172 Å². The summed E-state index contributed by atoms with van der Waals surface area (Å²) >= 11 is 0. The number of halogens is 1. The molecule has 3 atom stereocenters. The Bertz CT molecular complexity index is 782. The van der Waals surface area contributed by atoms with Crippen molar-refractivity contribution in [1.29, 1.82) is 0 Å². The highest BCUT2D eigenvalue weighted by Gasteiger charge is 2.27. The number of aliphatic hydroxyl groups is 1. The molecule has 1 heterocycles. The van der Waals surface area contributed by atoms with E-state index in [4.69, 9.17) is 0 Å². The second kappa shape index (κ2) is 9.85. The van der Waals surface area contributed by atoms with Gasteiger partial charge < -0.3 is 15.3 Å². The van der Waals surface area contributed by atoms with Gasteiger partial charge in [0, 0.05) is 44.5 Å². The van der Waals surface area contributed by atoms with E-state index in [1.54, 1.807) is 19.1 Å². The van der Waals surface area contributed by atoms with E-state index in [1.165, 1.54) is 5.56 Å². The summed E-state index contributed by atoms with van der Waals surface area (Å²) in [5.41, 5.74) is 2.72. The predicted molar refractivity (Wildman–Crippen MR) is 114 cm³/mol. The van der Waals surface area contributed by atoms with Crippen LogP contribution in [0.2, 0.25) is 0 Å². The lowest BCUT2D eigenvalue weighted by molar-refractivity contribution is 0.0924. The lowest BCUT2D eigenvalue weighted by Crippen LogP contribution is -2.35. The Kier molecular flexibility index (Phi) is 7.23. The first-order chi connectivity index (χ1) is 13.9. The highest BCUT2D eigenvalue weighted by Crippen LogP contribution is 2.28. The Hall–Kier alpha value is -2.44. The molecular weight excluding hydrogens is 369 g/mol. The van der Waals surface area contributed by atoms with Crippen molar-refractivity contribution in [2.24, 2.45) is 0 Å². The van der Waals surface area contributed by atoms with Crippen LogP contribution in [0, 0.1) is 0 Å². The SMILES string of the molecule is C[C@H](O)CNC(=O)c1ccc(N(C)[C@H](CN2CC[C@H](F)C2)c2ccccc2)cc1. The zero-order valence-electron chi connectivity index (χ0n) is 17.1. The maximum Gasteiger partial charge on any atom is 0.251 e. The number of hydrogen-bond acceptors (Lipinski definition) is 4. The van der Waals surface area contributed by atoms with Crippen LogP contribution in [-0.2, 0) is 0 Å². The van der Waals surface area contributed by atoms with Gasteiger partial charge in [0.05, 0.1) is 12.1 Å². The molecule has 2 aromatic carbocycles. The molecule has 29 heavy (non-hydrogen) atoms. The first kappa shape index (κ1) is 21.3. The molecule has 1 aliphatic rings. The molecule has 2 aromatic rings. The first-order valence-electron chi connectivity index (χ1n) is 10.1. The zero-order valence-corrected chi connectivity index (χ0v) is 17.1. The summed E-state index contributed by atoms with van der Waals surface area (Å²) in [4.78, 5) is 16.5. The molecule has 5 nitrogen and oxygen atoms in total. The van der Waals surface area contributed by atoms with Crippen molar-refractivity contribution in [2.75, 3.05) is 38.1 Å². The monoisotopic (exact) mass is 399 g/mol. The van der Waals surface area contributed by atoms with Crippen molar-refractivity contribution >= 4 is 11.6 Å². The molecule has 0 aromatic heterocycles. The van der Waals surface area contributed by atoms with Gasteiger partial charge in [-0.1, -0.05) is 30.3 Å². The number of nitrogens with zero attached hydrogens (tertiary/aromatic N) is 2. The highest BCUT2D eigenvalue weighted by molar-refractivity contribution is 5.94. The van der Waals surface area contributed by atoms with Crippen LogP contribution < -0.4 is 10.2 Å². The number of aliphatic hydroxyl groups excluding tert-OH is 1. The van der Waals surface area contributed by atoms with Gasteiger partial charge in [0.25, 0.3) is 5.91 Å². The third kappa shape index (κ3) is 5.78. The van der Waals surface area contributed by atoms with Crippen LogP contribution in [0.4, 0.5) is 10.1 Å². The summed E-state index contributed by atoms with van der Waals surface area (Å²) in [7, 11) is 2.03. The molecule has 0 unspecified atom stereocenters. The summed E-state index contributed by atoms with van der Waals surface area (Å²) < 4.78 is 13.7. The Balaban J connectivity index is 1.74. The molecule has 1 amide bonds. The number of hydrogen-bond donors (Lipinski definition) is 2. The van der Waals surface area contributed by atoms with Gasteiger partial charge in [-0.2, -0.15) is 0 Å². The number of alkyl halides is 1. The molecular formula is C23H30FN3O2. The Morgan fingerprint density at radius 1 is 1.24 bits per heavy atom. The van der Waals surface area contributed by atoms with Gasteiger partial charge in [-0.25, -0.2) is 4.39 Å². The van der Waals surface area contributed by atoms with Crippen molar-refractivity contribution in [2.45, 2.75) is 31.7 Å². The van der Waals surface area contributed by atoms with Crippen LogP contribution >= 0.6 is 0 Å². The molecule has 6 heteroatoms. The van der Waals surface area contributed by atoms with E-state index in [1.807, 2.05) is 37.4 Å². The van der Waals surface area contributed by atoms with Crippen molar-refractivity contribution in [1.82, 2.24) is 10.2 Å². The summed E-state index contributed by atoms with van der Waals surface area (Å²) in [5.74, 6) is -0.203. The van der Waals surface area contributed by atoms with Gasteiger partial charge in [0.15, 0.2) is 0 Å². The minimum Gasteiger partial charge on any atom is -0.392 e. The average Bonchev–Trinajstić information content (AvgIpc) is 3.15. The van der Waals surface area contributed by atoms with Gasteiger partial charge in [-0.3, -0.25) is 9.69 Å². The average molecular weight is 400 g/mol. The Morgan fingerprint density at radius 3 is 2.52 bits per heavy atom. The second-order valence-corrected chi connectivity index (χ2v) is 7.79. The third-order valence-corrected chi connectivity index (χ3v) is 5.39. The molecule has 156 valence electrons. The molecule has 2 N–H and O–H groups in total. The predicted octanol–water partition coefficient (Wildman–Crippen LogP) is 3.02. The number of likely N-dealkylation sites (tertiary alicyclic amines) is 1. The van der Waals surface area contributed by atoms with Crippen LogP contribution in [0.1, 0.15) is 35.3 Å². The van der Waals surface area contributed by atoms with E-state index in [9.17, 15) is 14.3 Å². The number of carbonyl (C=O) groups excluding carboxylic acids is 1. The number of anilines is 1. The quantitative estimate of drug-likeness (QED) is 0.717. The standard InChI is InChI=1S/C23H30FN3O2/c1-17(28)14-25-23(29)19-8-10-21(11-9-19)26(2)22(18-6-4-3-5-7-18)16-27-13-12-20(24)15-27/h3-11,17,20,22,28H,12-16H2,1-2H3,(H,25,29)/t17-,20-,22+/m0/s1. The normalized spacial score (nSPS) is 19.0. The molecule has 1 aliphatic heterocycles. The van der Waals surface area contributed by atoms with E-state index in [2.05, 4.69) is 27.2 Å². The van der Waals surface area contributed by atoms with Crippen molar-refractivity contribution in [3.8, 4) is 0 Å². The fourth-order valence-corrected chi connectivity index (χ4v) is 3.69. The molecule has 1 fully saturated rings.